The minimum Gasteiger partial charge on any atom is -0.326 e. The Bertz CT molecular complexity index is 893. The van der Waals surface area contributed by atoms with Crippen molar-refractivity contribution < 1.29 is 4.79 Å². The van der Waals surface area contributed by atoms with Gasteiger partial charge in [0.1, 0.15) is 6.33 Å². The normalized spacial score (nSPS) is 10.6. The van der Waals surface area contributed by atoms with Gasteiger partial charge in [-0.3, -0.25) is 4.79 Å². The van der Waals surface area contributed by atoms with Crippen LogP contribution in [0.5, 0.6) is 0 Å². The van der Waals surface area contributed by atoms with Gasteiger partial charge in [0.25, 0.3) is 0 Å². The number of hydrogen-bond acceptors (Lipinski definition) is 5. The van der Waals surface area contributed by atoms with E-state index in [9.17, 15) is 4.79 Å². The molecule has 1 amide bonds. The zero-order chi connectivity index (χ0) is 17.8. The molecule has 2 heterocycles. The summed E-state index contributed by atoms with van der Waals surface area (Å²) in [5.74, 6) is -0.0736. The number of carbonyl (C=O) groups is 1. The van der Waals surface area contributed by atoms with Crippen molar-refractivity contribution in [3.63, 3.8) is 0 Å². The number of aromatic nitrogens is 6. The summed E-state index contributed by atoms with van der Waals surface area (Å²) < 4.78 is 3.46. The molecule has 0 spiro atoms. The third kappa shape index (κ3) is 3.48. The summed E-state index contributed by atoms with van der Waals surface area (Å²) in [6.45, 7) is 0. The van der Waals surface area contributed by atoms with E-state index in [1.165, 1.54) is 6.33 Å². The van der Waals surface area contributed by atoms with Crippen LogP contribution in [0.1, 0.15) is 5.56 Å². The number of amides is 1. The first kappa shape index (κ1) is 15.7. The Morgan fingerprint density at radius 2 is 1.73 bits per heavy atom. The van der Waals surface area contributed by atoms with Crippen LogP contribution in [-0.2, 0) is 11.2 Å². The SMILES string of the molecule is O=C(Cc1ccc(-n2ccnc2)cc1)Nc1ccc(-n2cnnn2)cc1. The van der Waals surface area contributed by atoms with Gasteiger partial charge in [0.05, 0.1) is 18.4 Å². The van der Waals surface area contributed by atoms with Gasteiger partial charge in [-0.1, -0.05) is 12.1 Å². The molecule has 0 aliphatic rings. The monoisotopic (exact) mass is 345 g/mol. The molecule has 0 aliphatic heterocycles. The number of carbonyl (C=O) groups excluding carboxylic acids is 1. The molecule has 0 saturated heterocycles. The Hall–Kier alpha value is -3.81. The highest BCUT2D eigenvalue weighted by Gasteiger charge is 2.06. The highest BCUT2D eigenvalue weighted by atomic mass is 16.1. The minimum absolute atomic E-state index is 0.0736. The van der Waals surface area contributed by atoms with Crippen LogP contribution in [0.2, 0.25) is 0 Å². The Morgan fingerprint density at radius 3 is 2.38 bits per heavy atom. The molecule has 4 rings (SSSR count). The van der Waals surface area contributed by atoms with Crippen LogP contribution >= 0.6 is 0 Å². The van der Waals surface area contributed by atoms with Crippen LogP contribution in [0, 0.1) is 0 Å². The van der Waals surface area contributed by atoms with Gasteiger partial charge in [-0.15, -0.1) is 5.10 Å². The van der Waals surface area contributed by atoms with Crippen LogP contribution < -0.4 is 5.32 Å². The fraction of sp³-hybridized carbons (Fsp3) is 0.0556. The Kier molecular flexibility index (Phi) is 4.21. The van der Waals surface area contributed by atoms with E-state index in [0.29, 0.717) is 6.42 Å². The van der Waals surface area contributed by atoms with Gasteiger partial charge >= 0.3 is 0 Å². The topological polar surface area (TPSA) is 90.5 Å². The van der Waals surface area contributed by atoms with Crippen molar-refractivity contribution in [1.82, 2.24) is 29.8 Å². The van der Waals surface area contributed by atoms with Crippen molar-refractivity contribution in [2.24, 2.45) is 0 Å². The number of nitrogens with zero attached hydrogens (tertiary/aromatic N) is 6. The molecule has 2 aromatic carbocycles. The molecule has 8 nitrogen and oxygen atoms in total. The standard InChI is InChI=1S/C18H15N7O/c26-18(11-14-1-5-16(6-2-14)24-10-9-19-12-24)21-15-3-7-17(8-4-15)25-13-20-22-23-25/h1-10,12-13H,11H2,(H,21,26). The lowest BCUT2D eigenvalue weighted by Crippen LogP contribution is -2.14. The zero-order valence-corrected chi connectivity index (χ0v) is 13.7. The largest absolute Gasteiger partial charge is 0.326 e. The molecular formula is C18H15N7O. The molecule has 8 heteroatoms. The van der Waals surface area contributed by atoms with Gasteiger partial charge in [0.2, 0.25) is 5.91 Å². The number of benzene rings is 2. The van der Waals surface area contributed by atoms with E-state index in [4.69, 9.17) is 0 Å². The molecule has 0 radical (unpaired) electrons. The summed E-state index contributed by atoms with van der Waals surface area (Å²) in [7, 11) is 0. The quantitative estimate of drug-likeness (QED) is 0.598. The van der Waals surface area contributed by atoms with Crippen molar-refractivity contribution in [1.29, 1.82) is 0 Å². The number of rotatable bonds is 5. The van der Waals surface area contributed by atoms with Gasteiger partial charge in [-0.05, 0) is 52.4 Å². The molecule has 2 aromatic heterocycles. The van der Waals surface area contributed by atoms with Crippen molar-refractivity contribution in [2.75, 3.05) is 5.32 Å². The van der Waals surface area contributed by atoms with Crippen LogP contribution in [0.15, 0.2) is 73.6 Å². The van der Waals surface area contributed by atoms with Gasteiger partial charge < -0.3 is 9.88 Å². The summed E-state index contributed by atoms with van der Waals surface area (Å²) in [6.07, 6.45) is 7.16. The summed E-state index contributed by atoms with van der Waals surface area (Å²) in [5, 5.41) is 13.9. The van der Waals surface area contributed by atoms with Gasteiger partial charge in [0.15, 0.2) is 0 Å². The molecule has 0 fully saturated rings. The summed E-state index contributed by atoms with van der Waals surface area (Å²) >= 11 is 0. The highest BCUT2D eigenvalue weighted by molar-refractivity contribution is 5.92. The predicted octanol–water partition coefficient (Wildman–Crippen LogP) is 2.03. The van der Waals surface area contributed by atoms with Gasteiger partial charge in [-0.25, -0.2) is 9.67 Å². The molecule has 4 aromatic rings. The number of imidazole rings is 1. The van der Waals surface area contributed by atoms with Gasteiger partial charge in [-0.2, -0.15) is 0 Å². The smallest absolute Gasteiger partial charge is 0.228 e. The molecule has 128 valence electrons. The van der Waals surface area contributed by atoms with Crippen molar-refractivity contribution in [3.8, 4) is 11.4 Å². The second-order valence-electron chi connectivity index (χ2n) is 5.66. The lowest BCUT2D eigenvalue weighted by atomic mass is 10.1. The lowest BCUT2D eigenvalue weighted by molar-refractivity contribution is -0.115. The number of tetrazole rings is 1. The Morgan fingerprint density at radius 1 is 0.962 bits per heavy atom. The Labute approximate surface area is 149 Å². The summed E-state index contributed by atoms with van der Waals surface area (Å²) in [6, 6.07) is 15.1. The first-order chi connectivity index (χ1) is 12.8. The first-order valence-corrected chi connectivity index (χ1v) is 7.98. The Balaban J connectivity index is 1.38. The first-order valence-electron chi connectivity index (χ1n) is 7.98. The fourth-order valence-corrected chi connectivity index (χ4v) is 2.57. The molecule has 1 N–H and O–H groups in total. The molecule has 0 unspecified atom stereocenters. The third-order valence-corrected chi connectivity index (χ3v) is 3.87. The average Bonchev–Trinajstić information content (AvgIpc) is 3.37. The van der Waals surface area contributed by atoms with Gasteiger partial charge in [0, 0.05) is 23.8 Å². The zero-order valence-electron chi connectivity index (χ0n) is 13.7. The van der Waals surface area contributed by atoms with E-state index < -0.39 is 0 Å². The second-order valence-corrected chi connectivity index (χ2v) is 5.66. The molecule has 0 atom stereocenters. The highest BCUT2D eigenvalue weighted by Crippen LogP contribution is 2.14. The maximum atomic E-state index is 12.2. The molecule has 0 bridgehead atoms. The van der Waals surface area contributed by atoms with E-state index in [1.807, 2.05) is 59.3 Å². The molecule has 26 heavy (non-hydrogen) atoms. The predicted molar refractivity (Wildman–Crippen MR) is 95.1 cm³/mol. The minimum atomic E-state index is -0.0736. The van der Waals surface area contributed by atoms with Crippen molar-refractivity contribution in [3.05, 3.63) is 79.1 Å². The van der Waals surface area contributed by atoms with Crippen LogP contribution in [-0.4, -0.2) is 35.7 Å². The fourth-order valence-electron chi connectivity index (χ4n) is 2.57. The van der Waals surface area contributed by atoms with Crippen molar-refractivity contribution >= 4 is 11.6 Å². The maximum absolute atomic E-state index is 12.2. The van der Waals surface area contributed by atoms with Crippen molar-refractivity contribution in [2.45, 2.75) is 6.42 Å². The second kappa shape index (κ2) is 6.98. The van der Waals surface area contributed by atoms with E-state index in [1.54, 1.807) is 17.2 Å². The van der Waals surface area contributed by atoms with E-state index in [0.717, 1.165) is 22.6 Å². The average molecular weight is 345 g/mol. The van der Waals surface area contributed by atoms with Crippen LogP contribution in [0.3, 0.4) is 0 Å². The maximum Gasteiger partial charge on any atom is 0.228 e. The van der Waals surface area contributed by atoms with Crippen LogP contribution in [0.4, 0.5) is 5.69 Å². The molecule has 0 aliphatic carbocycles. The number of nitrogens with one attached hydrogen (secondary N) is 1. The summed E-state index contributed by atoms with van der Waals surface area (Å²) in [4.78, 5) is 16.3. The summed E-state index contributed by atoms with van der Waals surface area (Å²) in [5.41, 5.74) is 3.49. The van der Waals surface area contributed by atoms with E-state index in [2.05, 4.69) is 25.8 Å². The van der Waals surface area contributed by atoms with E-state index in [-0.39, 0.29) is 5.91 Å². The van der Waals surface area contributed by atoms with Crippen LogP contribution in [0.25, 0.3) is 11.4 Å². The third-order valence-electron chi connectivity index (χ3n) is 3.87. The molecule has 0 saturated carbocycles. The lowest BCUT2D eigenvalue weighted by Gasteiger charge is -2.07. The number of anilines is 1. The number of hydrogen-bond donors (Lipinski definition) is 1. The van der Waals surface area contributed by atoms with E-state index >= 15 is 0 Å². The molecular weight excluding hydrogens is 330 g/mol.